The number of aryl methyl sites for hydroxylation is 1. The first-order valence-electron chi connectivity index (χ1n) is 8.14. The molecule has 7 nitrogen and oxygen atoms in total. The Morgan fingerprint density at radius 1 is 1.19 bits per heavy atom. The summed E-state index contributed by atoms with van der Waals surface area (Å²) in [5, 5.41) is 2.74. The lowest BCUT2D eigenvalue weighted by molar-refractivity contribution is -0.115. The summed E-state index contributed by atoms with van der Waals surface area (Å²) in [7, 11) is -3.88. The quantitative estimate of drug-likeness (QED) is 0.823. The van der Waals surface area contributed by atoms with E-state index in [0.29, 0.717) is 17.2 Å². The summed E-state index contributed by atoms with van der Waals surface area (Å²) in [5.74, 6) is 0.892. The molecule has 1 unspecified atom stereocenters. The van der Waals surface area contributed by atoms with Crippen LogP contribution in [0.5, 0.6) is 11.5 Å². The molecular formula is C18H17NO6S. The van der Waals surface area contributed by atoms with Crippen molar-refractivity contribution >= 4 is 21.7 Å². The van der Waals surface area contributed by atoms with Gasteiger partial charge >= 0.3 is 0 Å². The van der Waals surface area contributed by atoms with Crippen LogP contribution in [0.3, 0.4) is 0 Å². The molecule has 2 aromatic carbocycles. The molecule has 4 rings (SSSR count). The van der Waals surface area contributed by atoms with E-state index in [-0.39, 0.29) is 30.4 Å². The van der Waals surface area contributed by atoms with Crippen LogP contribution in [-0.4, -0.2) is 33.6 Å². The van der Waals surface area contributed by atoms with Crippen LogP contribution in [0.4, 0.5) is 5.69 Å². The zero-order valence-corrected chi connectivity index (χ0v) is 14.8. The molecule has 2 aliphatic heterocycles. The average molecular weight is 375 g/mol. The number of hydrogen-bond acceptors (Lipinski definition) is 6. The highest BCUT2D eigenvalue weighted by atomic mass is 32.2. The third-order valence-corrected chi connectivity index (χ3v) is 5.56. The van der Waals surface area contributed by atoms with Gasteiger partial charge < -0.3 is 14.8 Å². The van der Waals surface area contributed by atoms with Crippen LogP contribution < -0.4 is 14.8 Å². The van der Waals surface area contributed by atoms with E-state index >= 15 is 0 Å². The number of carbonyl (C=O) groups is 1. The smallest absolute Gasteiger partial charge is 0.297 e. The Labute approximate surface area is 151 Å². The molecule has 0 saturated carbocycles. The number of benzene rings is 2. The van der Waals surface area contributed by atoms with Crippen molar-refractivity contribution < 1.29 is 26.9 Å². The summed E-state index contributed by atoms with van der Waals surface area (Å²) in [6, 6.07) is 9.91. The van der Waals surface area contributed by atoms with Gasteiger partial charge in [0.1, 0.15) is 13.2 Å². The molecule has 26 heavy (non-hydrogen) atoms. The van der Waals surface area contributed by atoms with Gasteiger partial charge in [-0.05, 0) is 31.2 Å². The van der Waals surface area contributed by atoms with E-state index in [0.717, 1.165) is 11.1 Å². The normalized spacial score (nSPS) is 18.3. The van der Waals surface area contributed by atoms with Gasteiger partial charge in [-0.25, -0.2) is 0 Å². The zero-order chi connectivity index (χ0) is 18.3. The maximum Gasteiger partial charge on any atom is 0.297 e. The molecule has 1 N–H and O–H groups in total. The van der Waals surface area contributed by atoms with E-state index in [4.69, 9.17) is 13.7 Å². The molecule has 8 heteroatoms. The molecular weight excluding hydrogens is 358 g/mol. The lowest BCUT2D eigenvalue weighted by Crippen LogP contribution is -2.34. The van der Waals surface area contributed by atoms with Crippen LogP contribution in [0.25, 0.3) is 0 Å². The van der Waals surface area contributed by atoms with Gasteiger partial charge in [-0.15, -0.1) is 0 Å². The van der Waals surface area contributed by atoms with Gasteiger partial charge in [0.2, 0.25) is 5.91 Å². The number of rotatable bonds is 4. The van der Waals surface area contributed by atoms with Gasteiger partial charge in [0.25, 0.3) is 10.1 Å². The molecule has 1 amide bonds. The SMILES string of the molecule is Cc1ccc(S(=O)(=O)OCC2COc3ccc4c(c3O2)CC(=O)N4)cc1. The second-order valence-corrected chi connectivity index (χ2v) is 7.86. The number of hydrogen-bond donors (Lipinski definition) is 1. The molecule has 2 aromatic rings. The molecule has 2 heterocycles. The monoisotopic (exact) mass is 375 g/mol. The summed E-state index contributed by atoms with van der Waals surface area (Å²) >= 11 is 0. The summed E-state index contributed by atoms with van der Waals surface area (Å²) in [5.41, 5.74) is 2.37. The molecule has 136 valence electrons. The maximum absolute atomic E-state index is 12.3. The van der Waals surface area contributed by atoms with Gasteiger partial charge in [-0.1, -0.05) is 17.7 Å². The van der Waals surface area contributed by atoms with Crippen LogP contribution >= 0.6 is 0 Å². The summed E-state index contributed by atoms with van der Waals surface area (Å²) in [4.78, 5) is 11.7. The van der Waals surface area contributed by atoms with Crippen LogP contribution in [0.2, 0.25) is 0 Å². The minimum Gasteiger partial charge on any atom is -0.486 e. The van der Waals surface area contributed by atoms with E-state index in [1.807, 2.05) is 6.92 Å². The van der Waals surface area contributed by atoms with Gasteiger partial charge in [-0.3, -0.25) is 8.98 Å². The first-order chi connectivity index (χ1) is 12.4. The first kappa shape index (κ1) is 16.9. The van der Waals surface area contributed by atoms with Crippen molar-refractivity contribution in [3.8, 4) is 11.5 Å². The fourth-order valence-electron chi connectivity index (χ4n) is 2.90. The zero-order valence-electron chi connectivity index (χ0n) is 14.0. The average Bonchev–Trinajstić information content (AvgIpc) is 3.01. The number of nitrogens with one attached hydrogen (secondary N) is 1. The van der Waals surface area contributed by atoms with Crippen LogP contribution in [0, 0.1) is 6.92 Å². The number of fused-ring (bicyclic) bond motifs is 3. The first-order valence-corrected chi connectivity index (χ1v) is 9.54. The third kappa shape index (κ3) is 3.13. The van der Waals surface area contributed by atoms with Gasteiger partial charge in [0.05, 0.1) is 11.3 Å². The van der Waals surface area contributed by atoms with Crippen molar-refractivity contribution in [2.75, 3.05) is 18.5 Å². The van der Waals surface area contributed by atoms with Crippen LogP contribution in [-0.2, 0) is 25.5 Å². The van der Waals surface area contributed by atoms with Crippen LogP contribution in [0.15, 0.2) is 41.3 Å². The van der Waals surface area contributed by atoms with Crippen molar-refractivity contribution in [3.63, 3.8) is 0 Å². The third-order valence-electron chi connectivity index (χ3n) is 4.26. The predicted molar refractivity (Wildman–Crippen MR) is 93.0 cm³/mol. The second-order valence-electron chi connectivity index (χ2n) is 6.25. The summed E-state index contributed by atoms with van der Waals surface area (Å²) in [6.07, 6.45) is -0.387. The maximum atomic E-state index is 12.3. The van der Waals surface area contributed by atoms with Gasteiger partial charge in [0, 0.05) is 11.3 Å². The Hall–Kier alpha value is -2.58. The minimum absolute atomic E-state index is 0.0934. The summed E-state index contributed by atoms with van der Waals surface area (Å²) in [6.45, 7) is 1.86. The lowest BCUT2D eigenvalue weighted by Gasteiger charge is -2.27. The van der Waals surface area contributed by atoms with Crippen molar-refractivity contribution in [1.82, 2.24) is 0 Å². The number of anilines is 1. The molecule has 2 aliphatic rings. The molecule has 0 spiro atoms. The Morgan fingerprint density at radius 3 is 2.73 bits per heavy atom. The highest BCUT2D eigenvalue weighted by molar-refractivity contribution is 7.86. The molecule has 0 fully saturated rings. The molecule has 1 atom stereocenters. The van der Waals surface area contributed by atoms with E-state index in [1.165, 1.54) is 12.1 Å². The topological polar surface area (TPSA) is 90.9 Å². The van der Waals surface area contributed by atoms with Crippen molar-refractivity contribution in [3.05, 3.63) is 47.5 Å². The highest BCUT2D eigenvalue weighted by Crippen LogP contribution is 2.42. The van der Waals surface area contributed by atoms with Crippen molar-refractivity contribution in [1.29, 1.82) is 0 Å². The van der Waals surface area contributed by atoms with Crippen LogP contribution in [0.1, 0.15) is 11.1 Å². The predicted octanol–water partition coefficient (Wildman–Crippen LogP) is 2.03. The Morgan fingerprint density at radius 2 is 1.96 bits per heavy atom. The second kappa shape index (κ2) is 6.30. The van der Waals surface area contributed by atoms with E-state index in [2.05, 4.69) is 5.32 Å². The van der Waals surface area contributed by atoms with Gasteiger partial charge in [-0.2, -0.15) is 8.42 Å². The van der Waals surface area contributed by atoms with E-state index < -0.39 is 16.2 Å². The molecule has 0 bridgehead atoms. The molecule has 0 aliphatic carbocycles. The Balaban J connectivity index is 1.47. The van der Waals surface area contributed by atoms with E-state index in [9.17, 15) is 13.2 Å². The molecule has 0 aromatic heterocycles. The van der Waals surface area contributed by atoms with Gasteiger partial charge in [0.15, 0.2) is 17.6 Å². The van der Waals surface area contributed by atoms with Crippen molar-refractivity contribution in [2.45, 2.75) is 24.3 Å². The molecule has 0 radical (unpaired) electrons. The highest BCUT2D eigenvalue weighted by Gasteiger charge is 2.31. The Bertz CT molecular complexity index is 968. The Kier molecular flexibility index (Phi) is 4.08. The lowest BCUT2D eigenvalue weighted by atomic mass is 10.1. The fourth-order valence-corrected chi connectivity index (χ4v) is 3.84. The van der Waals surface area contributed by atoms with E-state index in [1.54, 1.807) is 24.3 Å². The number of carbonyl (C=O) groups excluding carboxylic acids is 1. The summed E-state index contributed by atoms with van der Waals surface area (Å²) < 4.78 is 41.2. The van der Waals surface area contributed by atoms with Crippen molar-refractivity contribution in [2.24, 2.45) is 0 Å². The minimum atomic E-state index is -3.88. The molecule has 0 saturated heterocycles. The number of ether oxygens (including phenoxy) is 2. The fraction of sp³-hybridized carbons (Fsp3) is 0.278. The standard InChI is InChI=1S/C18H17NO6S/c1-11-2-4-13(5-3-11)26(21,22)24-10-12-9-23-16-7-6-15-14(18(16)25-12)8-17(20)19-15/h2-7,12H,8-10H2,1H3,(H,19,20). The largest absolute Gasteiger partial charge is 0.486 e. The number of amides is 1.